The average molecular weight is 475 g/mol. The molecule has 2 aliphatic heterocycles. The molecule has 2 saturated heterocycles. The van der Waals surface area contributed by atoms with Crippen molar-refractivity contribution in [3.63, 3.8) is 0 Å². The Bertz CT molecular complexity index is 773. The van der Waals surface area contributed by atoms with Gasteiger partial charge < -0.3 is 54.7 Å². The summed E-state index contributed by atoms with van der Waals surface area (Å²) in [5, 5.41) is 70.2. The predicted octanol–water partition coefficient (Wildman–Crippen LogP) is -1.88. The second-order valence-corrected chi connectivity index (χ2v) is 8.84. The highest BCUT2D eigenvalue weighted by Crippen LogP contribution is 2.30. The highest BCUT2D eigenvalue weighted by atomic mass is 16.7. The molecule has 1 aromatic rings. The van der Waals surface area contributed by atoms with Gasteiger partial charge in [0, 0.05) is 0 Å². The van der Waals surface area contributed by atoms with E-state index in [4.69, 9.17) is 18.9 Å². The van der Waals surface area contributed by atoms with Crippen molar-refractivity contribution in [2.24, 2.45) is 0 Å². The van der Waals surface area contributed by atoms with Crippen molar-refractivity contribution in [2.75, 3.05) is 13.2 Å². The molecule has 0 unspecified atom stereocenters. The Morgan fingerprint density at radius 2 is 1.39 bits per heavy atom. The summed E-state index contributed by atoms with van der Waals surface area (Å²) in [4.78, 5) is 0. The van der Waals surface area contributed by atoms with Crippen LogP contribution in [0.5, 0.6) is 5.75 Å². The minimum atomic E-state index is -1.63. The van der Waals surface area contributed by atoms with Gasteiger partial charge in [-0.2, -0.15) is 0 Å². The minimum Gasteiger partial charge on any atom is -0.462 e. The summed E-state index contributed by atoms with van der Waals surface area (Å²) in [7, 11) is 0. The van der Waals surface area contributed by atoms with E-state index in [0.717, 1.165) is 11.1 Å². The second kappa shape index (κ2) is 10.9. The molecule has 0 amide bonds. The average Bonchev–Trinajstić information content (AvgIpc) is 2.79. The lowest BCUT2D eigenvalue weighted by atomic mass is 9.98. The predicted molar refractivity (Wildman–Crippen MR) is 112 cm³/mol. The fraction of sp³-hybridized carbons (Fsp3) is 0.727. The fourth-order valence-electron chi connectivity index (χ4n) is 3.77. The summed E-state index contributed by atoms with van der Waals surface area (Å²) in [6.07, 6.45) is -14.6. The van der Waals surface area contributed by atoms with Gasteiger partial charge in [-0.3, -0.25) is 0 Å². The summed E-state index contributed by atoms with van der Waals surface area (Å²) in [6.45, 7) is 4.82. The molecule has 3 rings (SSSR count). The number of hydrogen-bond acceptors (Lipinski definition) is 11. The van der Waals surface area contributed by atoms with E-state index in [-0.39, 0.29) is 5.92 Å². The summed E-state index contributed by atoms with van der Waals surface area (Å²) >= 11 is 0. The van der Waals surface area contributed by atoms with Crippen LogP contribution in [-0.4, -0.2) is 110 Å². The third-order valence-corrected chi connectivity index (χ3v) is 6.06. The van der Waals surface area contributed by atoms with Gasteiger partial charge in [-0.15, -0.1) is 0 Å². The van der Waals surface area contributed by atoms with Gasteiger partial charge in [0.15, 0.2) is 6.29 Å². The standard InChI is InChI=1S/C22H34O11/c1-9(2)11-5-4-10(3)12(6-11)31-22-20(29)18(27)16(25)14(33-22)8-30-21-19(28)17(26)15(24)13(7-23)32-21/h4-6,9,13-29H,7-8H2,1-3H3/t13-,14-,15-,16-,17+,18+,19-,20-,21-,22-/m1/s1. The van der Waals surface area contributed by atoms with Crippen LogP contribution in [0.15, 0.2) is 18.2 Å². The van der Waals surface area contributed by atoms with Crippen molar-refractivity contribution >= 4 is 0 Å². The number of hydrogen-bond donors (Lipinski definition) is 7. The molecule has 0 bridgehead atoms. The van der Waals surface area contributed by atoms with E-state index in [1.807, 2.05) is 39.0 Å². The molecule has 11 heteroatoms. The lowest BCUT2D eigenvalue weighted by Gasteiger charge is -2.42. The van der Waals surface area contributed by atoms with E-state index >= 15 is 0 Å². The van der Waals surface area contributed by atoms with Crippen LogP contribution in [0.4, 0.5) is 0 Å². The summed E-state index contributed by atoms with van der Waals surface area (Å²) in [5.74, 6) is 0.680. The Hall–Kier alpha value is -1.38. The van der Waals surface area contributed by atoms with Crippen molar-refractivity contribution in [2.45, 2.75) is 88.1 Å². The van der Waals surface area contributed by atoms with Gasteiger partial charge in [-0.25, -0.2) is 0 Å². The van der Waals surface area contributed by atoms with Crippen LogP contribution in [0.1, 0.15) is 30.9 Å². The molecular weight excluding hydrogens is 440 g/mol. The summed E-state index contributed by atoms with van der Waals surface area (Å²) in [6, 6.07) is 5.64. The van der Waals surface area contributed by atoms with E-state index < -0.39 is 74.6 Å². The Labute approximate surface area is 191 Å². The molecule has 0 spiro atoms. The minimum absolute atomic E-state index is 0.234. The maximum absolute atomic E-state index is 10.4. The molecule has 0 radical (unpaired) electrons. The van der Waals surface area contributed by atoms with E-state index in [9.17, 15) is 35.7 Å². The van der Waals surface area contributed by atoms with Gasteiger partial charge in [0.25, 0.3) is 0 Å². The van der Waals surface area contributed by atoms with E-state index in [2.05, 4.69) is 0 Å². The number of rotatable bonds is 7. The molecule has 33 heavy (non-hydrogen) atoms. The van der Waals surface area contributed by atoms with E-state index in [1.54, 1.807) is 0 Å². The van der Waals surface area contributed by atoms with Gasteiger partial charge in [-0.05, 0) is 30.0 Å². The first-order valence-corrected chi connectivity index (χ1v) is 10.9. The van der Waals surface area contributed by atoms with Crippen molar-refractivity contribution in [1.82, 2.24) is 0 Å². The molecule has 2 heterocycles. The van der Waals surface area contributed by atoms with Gasteiger partial charge in [0.2, 0.25) is 6.29 Å². The molecule has 10 atom stereocenters. The van der Waals surface area contributed by atoms with Crippen LogP contribution >= 0.6 is 0 Å². The van der Waals surface area contributed by atoms with Crippen LogP contribution in [0.25, 0.3) is 0 Å². The smallest absolute Gasteiger partial charge is 0.229 e. The first-order chi connectivity index (χ1) is 15.5. The Morgan fingerprint density at radius 1 is 0.818 bits per heavy atom. The molecule has 0 saturated carbocycles. The van der Waals surface area contributed by atoms with E-state index in [0.29, 0.717) is 5.75 Å². The second-order valence-electron chi connectivity index (χ2n) is 8.84. The Morgan fingerprint density at radius 3 is 2.00 bits per heavy atom. The molecule has 0 aromatic heterocycles. The molecular formula is C22H34O11. The summed E-state index contributed by atoms with van der Waals surface area (Å²) in [5.41, 5.74) is 1.79. The molecule has 7 N–H and O–H groups in total. The van der Waals surface area contributed by atoms with Crippen molar-refractivity contribution < 1.29 is 54.7 Å². The quantitative estimate of drug-likeness (QED) is 0.235. The first-order valence-electron chi connectivity index (χ1n) is 10.9. The summed E-state index contributed by atoms with van der Waals surface area (Å²) < 4.78 is 22.2. The van der Waals surface area contributed by atoms with Gasteiger partial charge in [0.05, 0.1) is 13.2 Å². The fourth-order valence-corrected chi connectivity index (χ4v) is 3.77. The molecule has 188 valence electrons. The zero-order valence-corrected chi connectivity index (χ0v) is 18.8. The number of aryl methyl sites for hydroxylation is 1. The zero-order valence-electron chi connectivity index (χ0n) is 18.8. The highest BCUT2D eigenvalue weighted by molar-refractivity contribution is 5.38. The van der Waals surface area contributed by atoms with Crippen LogP contribution < -0.4 is 4.74 Å². The maximum atomic E-state index is 10.4. The van der Waals surface area contributed by atoms with Crippen LogP contribution in [0.3, 0.4) is 0 Å². The first kappa shape index (κ1) is 26.2. The van der Waals surface area contributed by atoms with Crippen LogP contribution in [0, 0.1) is 6.92 Å². The molecule has 2 fully saturated rings. The maximum Gasteiger partial charge on any atom is 0.229 e. The molecule has 11 nitrogen and oxygen atoms in total. The Kier molecular flexibility index (Phi) is 8.67. The van der Waals surface area contributed by atoms with Gasteiger partial charge >= 0.3 is 0 Å². The molecule has 1 aromatic carbocycles. The largest absolute Gasteiger partial charge is 0.462 e. The number of ether oxygens (including phenoxy) is 4. The zero-order chi connectivity index (χ0) is 24.4. The molecule has 2 aliphatic rings. The van der Waals surface area contributed by atoms with Gasteiger partial charge in [0.1, 0.15) is 54.6 Å². The van der Waals surface area contributed by atoms with Crippen molar-refractivity contribution in [1.29, 1.82) is 0 Å². The lowest BCUT2D eigenvalue weighted by Crippen LogP contribution is -2.62. The number of aliphatic hydroxyl groups excluding tert-OH is 7. The highest BCUT2D eigenvalue weighted by Gasteiger charge is 2.47. The normalized spacial score (nSPS) is 39.6. The lowest BCUT2D eigenvalue weighted by molar-refractivity contribution is -0.323. The van der Waals surface area contributed by atoms with Crippen LogP contribution in [0.2, 0.25) is 0 Å². The monoisotopic (exact) mass is 474 g/mol. The Balaban J connectivity index is 1.69. The molecule has 0 aliphatic carbocycles. The van der Waals surface area contributed by atoms with Gasteiger partial charge in [-0.1, -0.05) is 26.0 Å². The SMILES string of the molecule is Cc1ccc(C(C)C)cc1O[C@@H]1O[C@H](CO[C@@H]2O[C@H](CO)[C@@H](O)[C@H](O)[C@H]2O)[C@@H](O)[C@H](O)[C@H]1O. The number of benzene rings is 1. The van der Waals surface area contributed by atoms with Crippen LogP contribution in [-0.2, 0) is 14.2 Å². The third-order valence-electron chi connectivity index (χ3n) is 6.06. The topological polar surface area (TPSA) is 179 Å². The third kappa shape index (κ3) is 5.65. The van der Waals surface area contributed by atoms with E-state index in [1.165, 1.54) is 0 Å². The number of aliphatic hydroxyl groups is 7. The van der Waals surface area contributed by atoms with Crippen molar-refractivity contribution in [3.8, 4) is 5.75 Å². The van der Waals surface area contributed by atoms with Crippen molar-refractivity contribution in [3.05, 3.63) is 29.3 Å².